The van der Waals surface area contributed by atoms with E-state index in [1.165, 1.54) is 31.9 Å². The molecule has 0 fully saturated rings. The molecule has 0 aliphatic rings. The summed E-state index contributed by atoms with van der Waals surface area (Å²) in [7, 11) is -3.06. The summed E-state index contributed by atoms with van der Waals surface area (Å²) >= 11 is 0. The molecule has 28 aromatic rings. The molecule has 0 unspecified atom stereocenters. The quantitative estimate of drug-likeness (QED) is 0.0521. The first-order chi connectivity index (χ1) is 70.6. The van der Waals surface area contributed by atoms with E-state index < -0.39 is 16.9 Å². The van der Waals surface area contributed by atoms with Crippen molar-refractivity contribution >= 4 is 248 Å². The highest BCUT2D eigenvalue weighted by molar-refractivity contribution is 6.91. The van der Waals surface area contributed by atoms with Crippen molar-refractivity contribution < 1.29 is 17.7 Å². The van der Waals surface area contributed by atoms with Crippen molar-refractivity contribution in [1.82, 2.24) is 0 Å². The van der Waals surface area contributed by atoms with Gasteiger partial charge in [-0.15, -0.1) is 0 Å². The average molecular weight is 1870 g/mol. The van der Waals surface area contributed by atoms with Crippen molar-refractivity contribution in [3.63, 3.8) is 0 Å². The molecule has 143 heavy (non-hydrogen) atoms. The van der Waals surface area contributed by atoms with Crippen LogP contribution in [0.15, 0.2) is 491 Å². The highest BCUT2D eigenvalue weighted by Crippen LogP contribution is 2.57. The van der Waals surface area contributed by atoms with Crippen molar-refractivity contribution in [1.29, 1.82) is 0 Å². The molecular weight excluding hydrogens is 1770 g/mol. The smallest absolute Gasteiger partial charge is 0.159 e. The monoisotopic (exact) mass is 1860 g/mol. The van der Waals surface area contributed by atoms with Crippen molar-refractivity contribution in [3.8, 4) is 44.5 Å². The topological polar surface area (TPSA) is 65.5 Å². The van der Waals surface area contributed by atoms with E-state index >= 15 is 0 Å². The lowest BCUT2D eigenvalue weighted by molar-refractivity contribution is 0.669. The van der Waals surface area contributed by atoms with Crippen LogP contribution in [0.2, 0.25) is 31.7 Å². The molecule has 8 nitrogen and oxygen atoms in total. The molecule has 675 valence electrons. The maximum Gasteiger partial charge on any atom is 0.159 e. The number of benzene rings is 24. The Kier molecular flexibility index (Phi) is 19.5. The van der Waals surface area contributed by atoms with Crippen LogP contribution in [0, 0.1) is 0 Å². The van der Waals surface area contributed by atoms with Crippen LogP contribution in [0.1, 0.15) is 0 Å². The van der Waals surface area contributed by atoms with Crippen LogP contribution >= 0.6 is 0 Å². The Bertz CT molecular complexity index is 9910. The molecule has 0 atom stereocenters. The van der Waals surface area contributed by atoms with Crippen LogP contribution in [0.4, 0.5) is 68.2 Å². The first kappa shape index (κ1) is 83.4. The minimum Gasteiger partial charge on any atom is -0.454 e. The van der Waals surface area contributed by atoms with Gasteiger partial charge in [0.25, 0.3) is 0 Å². The molecular formula is C133H91N4O4Si2. The van der Waals surface area contributed by atoms with Crippen molar-refractivity contribution in [2.75, 3.05) is 19.6 Å². The van der Waals surface area contributed by atoms with Crippen LogP contribution in [-0.4, -0.2) is 16.9 Å². The number of anilines is 12. The molecule has 28 rings (SSSR count). The zero-order valence-corrected chi connectivity index (χ0v) is 80.9. The van der Waals surface area contributed by atoms with E-state index in [1.54, 1.807) is 0 Å². The first-order valence-corrected chi connectivity index (χ1v) is 54.8. The second-order valence-corrected chi connectivity index (χ2v) is 46.1. The molecule has 0 saturated carbocycles. The highest BCUT2D eigenvalue weighted by Gasteiger charge is 2.34. The minimum atomic E-state index is -2.05. The Hall–Kier alpha value is -17.8. The van der Waals surface area contributed by atoms with E-state index in [1.807, 2.05) is 0 Å². The number of para-hydroxylation sites is 12. The number of hydrogen-bond acceptors (Lipinski definition) is 8. The third kappa shape index (κ3) is 13.5. The van der Waals surface area contributed by atoms with Gasteiger partial charge in [-0.2, -0.15) is 0 Å². The number of nitrogens with zero attached hydrogens (tertiary/aromatic N) is 4. The number of rotatable bonds is 21. The van der Waals surface area contributed by atoms with Crippen LogP contribution in [0.3, 0.4) is 0 Å². The van der Waals surface area contributed by atoms with Gasteiger partial charge < -0.3 is 37.3 Å². The standard InChI is InChI=1S/C133H91N4O4Si2/c1-142(92-70-58-86(59-71-92)96-36-12-20-48-112(96)136(120-52-28-44-104-100-40-16-24-56-124(100)140-132(104)120)116-80-68-90-62-74-106-114(78-66-88-64-76-108(116)128(90)126(88)106)134(110-46-18-10-34-94(110)84-30-6-4-7-31-84)118-50-26-42-102-98-38-14-22-54-122(98)138-130(102)118)82-83-143(2,3)93-72-60-87(61-73-93)97-37-13-21-49-113(97)137(121-53-29-45-105-101-41-17-25-57-125(101)141-133(105)121)117-81-69-91-63-75-107-115(79-67-89-65-77-109(117)129(91)127(89)107)135(111-47-19-11-35-95(111)85-32-8-5-9-33-85)119-51-27-43-103-99-39-15-23-55-123(99)139-131(103)119/h4-81H,82-83H2,1-3H3. The van der Waals surface area contributed by atoms with Gasteiger partial charge in [0.1, 0.15) is 22.3 Å². The predicted molar refractivity (Wildman–Crippen MR) is 608 cm³/mol. The lowest BCUT2D eigenvalue weighted by Crippen LogP contribution is -2.42. The zero-order valence-electron chi connectivity index (χ0n) is 78.9. The Balaban J connectivity index is 0.513. The maximum absolute atomic E-state index is 7.11. The van der Waals surface area contributed by atoms with Gasteiger partial charge in [0.15, 0.2) is 22.3 Å². The summed E-state index contributed by atoms with van der Waals surface area (Å²) < 4.78 is 28.2. The lowest BCUT2D eigenvalue weighted by Gasteiger charge is -2.31. The highest BCUT2D eigenvalue weighted by atomic mass is 28.3. The molecule has 0 amide bonds. The fourth-order valence-electron chi connectivity index (χ4n) is 23.2. The fraction of sp³-hybridized carbons (Fsp3) is 0.0376. The van der Waals surface area contributed by atoms with Crippen molar-refractivity contribution in [3.05, 3.63) is 473 Å². The maximum atomic E-state index is 7.11. The SMILES string of the molecule is C[Si](CC[Si](C)(C)c1ccc(-c2ccccc2N(c2ccc3ccc4c(N(c5ccccc5-c5ccccc5)c5cccc6c5oc5ccccc56)ccc5ccc2c3c54)c2cccc3c2oc2ccccc23)cc1)c1ccc(-c2ccccc2N(c2ccc3ccc4c(N(c5ccccc5-c5ccccc5)c5cccc6c5oc5ccccc56)ccc5ccc2c3c54)c2cccc3c2oc2ccccc23)cc1. The number of fused-ring (bicyclic) bond motifs is 12. The van der Waals surface area contributed by atoms with Gasteiger partial charge in [0.05, 0.1) is 85.1 Å². The first-order valence-electron chi connectivity index (χ1n) is 49.4. The molecule has 0 aliphatic heterocycles. The Labute approximate surface area is 828 Å². The summed E-state index contributed by atoms with van der Waals surface area (Å²) in [5, 5.41) is 25.4. The van der Waals surface area contributed by atoms with Crippen LogP contribution < -0.4 is 30.0 Å². The predicted octanol–water partition coefficient (Wildman–Crippen LogP) is 37.6. The summed E-state index contributed by atoms with van der Waals surface area (Å²) in [6.45, 7) is 7.67. The van der Waals surface area contributed by atoms with E-state index in [0.29, 0.717) is 0 Å². The molecule has 4 aromatic heterocycles. The van der Waals surface area contributed by atoms with E-state index in [0.717, 1.165) is 256 Å². The largest absolute Gasteiger partial charge is 0.454 e. The van der Waals surface area contributed by atoms with Crippen LogP contribution in [0.5, 0.6) is 0 Å². The molecule has 0 bridgehead atoms. The average Bonchev–Trinajstić information content (AvgIpc) is 1.31. The molecule has 0 saturated heterocycles. The second kappa shape index (κ2) is 33.5. The van der Waals surface area contributed by atoms with Gasteiger partial charge in [-0.05, 0) is 162 Å². The molecule has 24 aromatic carbocycles. The van der Waals surface area contributed by atoms with E-state index in [4.69, 9.17) is 17.7 Å². The normalized spacial score (nSPS) is 12.1. The van der Waals surface area contributed by atoms with E-state index in [9.17, 15) is 0 Å². The van der Waals surface area contributed by atoms with Gasteiger partial charge in [0.2, 0.25) is 0 Å². The summed E-state index contributed by atoms with van der Waals surface area (Å²) in [4.78, 5) is 9.85. The van der Waals surface area contributed by atoms with Crippen LogP contribution in [-0.2, 0) is 0 Å². The summed E-state index contributed by atoms with van der Waals surface area (Å²) in [5.74, 6) is 0. The van der Waals surface area contributed by atoms with Gasteiger partial charge >= 0.3 is 0 Å². The lowest BCUT2D eigenvalue weighted by atomic mass is 9.91. The van der Waals surface area contributed by atoms with Crippen LogP contribution in [0.25, 0.3) is 197 Å². The Morgan fingerprint density at radius 3 is 0.734 bits per heavy atom. The van der Waals surface area contributed by atoms with Gasteiger partial charge in [-0.3, -0.25) is 0 Å². The van der Waals surface area contributed by atoms with Crippen molar-refractivity contribution in [2.24, 2.45) is 0 Å². The third-order valence-electron chi connectivity index (χ3n) is 30.2. The van der Waals surface area contributed by atoms with E-state index in [-0.39, 0.29) is 0 Å². The molecule has 0 N–H and O–H groups in total. The number of furan rings is 4. The fourth-order valence-corrected chi connectivity index (χ4v) is 29.6. The van der Waals surface area contributed by atoms with E-state index in [2.05, 4.69) is 512 Å². The molecule has 4 heterocycles. The third-order valence-corrected chi connectivity index (χ3v) is 36.5. The summed E-state index contributed by atoms with van der Waals surface area (Å²) in [6.07, 6.45) is 0. The molecule has 0 spiro atoms. The zero-order chi connectivity index (χ0) is 94.7. The molecule has 10 heteroatoms. The second-order valence-electron chi connectivity index (χ2n) is 38.7. The number of hydrogen-bond donors (Lipinski definition) is 0. The Morgan fingerprint density at radius 2 is 0.434 bits per heavy atom. The molecule has 0 aliphatic carbocycles. The molecule has 1 radical (unpaired) electrons. The van der Waals surface area contributed by atoms with Gasteiger partial charge in [0, 0.05) is 86.9 Å². The van der Waals surface area contributed by atoms with Gasteiger partial charge in [-0.25, -0.2) is 0 Å². The van der Waals surface area contributed by atoms with Gasteiger partial charge in [-0.1, -0.05) is 418 Å². The Morgan fingerprint density at radius 1 is 0.196 bits per heavy atom. The summed E-state index contributed by atoms with van der Waals surface area (Å²) in [6, 6.07) is 176. The van der Waals surface area contributed by atoms with Crippen molar-refractivity contribution in [2.45, 2.75) is 31.7 Å². The summed E-state index contributed by atoms with van der Waals surface area (Å²) in [5.41, 5.74) is 28.0. The minimum absolute atomic E-state index is 0.828.